The molecule has 1 N–H and O–H groups in total. The lowest BCUT2D eigenvalue weighted by Crippen LogP contribution is -2.48. The van der Waals surface area contributed by atoms with E-state index in [1.165, 1.54) is 6.42 Å². The molecule has 1 atom stereocenters. The van der Waals surface area contributed by atoms with Crippen LogP contribution in [0.2, 0.25) is 0 Å². The molecule has 2 aromatic rings. The van der Waals surface area contributed by atoms with Gasteiger partial charge in [-0.3, -0.25) is 9.59 Å². The highest BCUT2D eigenvalue weighted by molar-refractivity contribution is 5.97. The molecule has 1 saturated heterocycles. The van der Waals surface area contributed by atoms with Crippen molar-refractivity contribution in [3.05, 3.63) is 65.7 Å². The predicted octanol–water partition coefficient (Wildman–Crippen LogP) is 3.40. The number of amides is 2. The van der Waals surface area contributed by atoms with Gasteiger partial charge in [-0.2, -0.15) is 0 Å². The second-order valence-corrected chi connectivity index (χ2v) is 6.88. The average Bonchev–Trinajstić information content (AvgIpc) is 2.73. The minimum Gasteiger partial charge on any atom is -0.489 e. The molecule has 1 aliphatic rings. The van der Waals surface area contributed by atoms with Crippen molar-refractivity contribution in [3.8, 4) is 5.75 Å². The number of ether oxygens (including phenoxy) is 1. The van der Waals surface area contributed by atoms with Crippen molar-refractivity contribution in [2.45, 2.75) is 38.8 Å². The molecule has 1 aliphatic heterocycles. The highest BCUT2D eigenvalue weighted by Crippen LogP contribution is 2.15. The van der Waals surface area contributed by atoms with Crippen molar-refractivity contribution in [3.63, 3.8) is 0 Å². The van der Waals surface area contributed by atoms with Gasteiger partial charge < -0.3 is 15.0 Å². The molecule has 142 valence electrons. The maximum atomic E-state index is 12.4. The van der Waals surface area contributed by atoms with Gasteiger partial charge in [0.25, 0.3) is 5.91 Å². The largest absolute Gasteiger partial charge is 0.489 e. The van der Waals surface area contributed by atoms with Crippen LogP contribution >= 0.6 is 0 Å². The topological polar surface area (TPSA) is 58.6 Å². The maximum absolute atomic E-state index is 12.4. The van der Waals surface area contributed by atoms with Crippen LogP contribution in [0.1, 0.15) is 42.1 Å². The number of nitrogens with one attached hydrogen (secondary N) is 1. The summed E-state index contributed by atoms with van der Waals surface area (Å²) in [7, 11) is 0. The quantitative estimate of drug-likeness (QED) is 0.852. The van der Waals surface area contributed by atoms with Gasteiger partial charge in [-0.05, 0) is 56.0 Å². The van der Waals surface area contributed by atoms with Crippen molar-refractivity contribution in [1.29, 1.82) is 0 Å². The Bertz CT molecular complexity index is 753. The fourth-order valence-electron chi connectivity index (χ4n) is 3.17. The lowest BCUT2D eigenvalue weighted by atomic mass is 10.1. The number of carbonyl (C=O) groups is 2. The minimum atomic E-state index is -0.524. The number of rotatable bonds is 6. The van der Waals surface area contributed by atoms with Gasteiger partial charge in [0.05, 0.1) is 0 Å². The summed E-state index contributed by atoms with van der Waals surface area (Å²) in [6, 6.07) is 16.4. The average molecular weight is 366 g/mol. The van der Waals surface area contributed by atoms with Gasteiger partial charge >= 0.3 is 0 Å². The summed E-state index contributed by atoms with van der Waals surface area (Å²) in [5.74, 6) is 0.446. The monoisotopic (exact) mass is 366 g/mol. The van der Waals surface area contributed by atoms with E-state index in [2.05, 4.69) is 5.32 Å². The SMILES string of the molecule is C[C@H](NC(=O)c1ccc(OCc2ccccc2)cc1)C(=O)N1CCCCC1. The molecule has 27 heavy (non-hydrogen) atoms. The third-order valence-electron chi connectivity index (χ3n) is 4.75. The fraction of sp³-hybridized carbons (Fsp3) is 0.364. The summed E-state index contributed by atoms with van der Waals surface area (Å²) in [6.45, 7) is 3.79. The number of carbonyl (C=O) groups excluding carboxylic acids is 2. The van der Waals surface area contributed by atoms with E-state index >= 15 is 0 Å². The molecule has 5 nitrogen and oxygen atoms in total. The molecular formula is C22H26N2O3. The van der Waals surface area contributed by atoms with Crippen molar-refractivity contribution >= 4 is 11.8 Å². The summed E-state index contributed by atoms with van der Waals surface area (Å²) in [5.41, 5.74) is 1.60. The van der Waals surface area contributed by atoms with Crippen LogP contribution in [0.3, 0.4) is 0 Å². The molecule has 0 spiro atoms. The van der Waals surface area contributed by atoms with Crippen LogP contribution in [0, 0.1) is 0 Å². The van der Waals surface area contributed by atoms with Crippen molar-refractivity contribution < 1.29 is 14.3 Å². The van der Waals surface area contributed by atoms with E-state index in [4.69, 9.17) is 4.74 Å². The Labute approximate surface area is 160 Å². The molecule has 1 heterocycles. The third-order valence-corrected chi connectivity index (χ3v) is 4.75. The van der Waals surface area contributed by atoms with Gasteiger partial charge in [0.2, 0.25) is 5.91 Å². The number of likely N-dealkylation sites (tertiary alicyclic amines) is 1. The molecular weight excluding hydrogens is 340 g/mol. The molecule has 0 radical (unpaired) electrons. The summed E-state index contributed by atoms with van der Waals surface area (Å²) in [6.07, 6.45) is 3.25. The van der Waals surface area contributed by atoms with Gasteiger partial charge in [-0.1, -0.05) is 30.3 Å². The highest BCUT2D eigenvalue weighted by atomic mass is 16.5. The molecule has 0 aromatic heterocycles. The molecule has 3 rings (SSSR count). The van der Waals surface area contributed by atoms with E-state index in [1.54, 1.807) is 31.2 Å². The van der Waals surface area contributed by atoms with E-state index in [1.807, 2.05) is 35.2 Å². The zero-order valence-electron chi connectivity index (χ0n) is 15.7. The number of hydrogen-bond donors (Lipinski definition) is 1. The summed E-state index contributed by atoms with van der Waals surface area (Å²) in [4.78, 5) is 26.7. The van der Waals surface area contributed by atoms with Crippen LogP contribution in [0.5, 0.6) is 5.75 Å². The Morgan fingerprint density at radius 1 is 1.00 bits per heavy atom. The Balaban J connectivity index is 1.51. The predicted molar refractivity (Wildman–Crippen MR) is 105 cm³/mol. The van der Waals surface area contributed by atoms with E-state index in [0.717, 1.165) is 31.5 Å². The lowest BCUT2D eigenvalue weighted by Gasteiger charge is -2.29. The Kier molecular flexibility index (Phi) is 6.47. The van der Waals surface area contributed by atoms with Gasteiger partial charge in [0.1, 0.15) is 18.4 Å². The minimum absolute atomic E-state index is 0.00846. The third kappa shape index (κ3) is 5.33. The number of nitrogens with zero attached hydrogens (tertiary/aromatic N) is 1. The van der Waals surface area contributed by atoms with Crippen LogP contribution in [0.4, 0.5) is 0 Å². The Morgan fingerprint density at radius 3 is 2.33 bits per heavy atom. The second kappa shape index (κ2) is 9.21. The van der Waals surface area contributed by atoms with E-state index in [0.29, 0.717) is 17.9 Å². The van der Waals surface area contributed by atoms with Gasteiger partial charge in [0.15, 0.2) is 0 Å². The molecule has 0 aliphatic carbocycles. The van der Waals surface area contributed by atoms with E-state index in [-0.39, 0.29) is 11.8 Å². The van der Waals surface area contributed by atoms with Gasteiger partial charge in [0, 0.05) is 18.7 Å². The molecule has 2 amide bonds. The van der Waals surface area contributed by atoms with Crippen LogP contribution in [-0.2, 0) is 11.4 Å². The van der Waals surface area contributed by atoms with Gasteiger partial charge in [-0.15, -0.1) is 0 Å². The number of benzene rings is 2. The maximum Gasteiger partial charge on any atom is 0.251 e. The van der Waals surface area contributed by atoms with E-state index < -0.39 is 6.04 Å². The Hall–Kier alpha value is -2.82. The van der Waals surface area contributed by atoms with Crippen LogP contribution in [0.25, 0.3) is 0 Å². The molecule has 0 unspecified atom stereocenters. The lowest BCUT2D eigenvalue weighted by molar-refractivity contribution is -0.133. The van der Waals surface area contributed by atoms with Crippen LogP contribution in [0.15, 0.2) is 54.6 Å². The first-order chi connectivity index (χ1) is 13.1. The molecule has 2 aromatic carbocycles. The standard InChI is InChI=1S/C22H26N2O3/c1-17(22(26)24-14-6-3-7-15-24)23-21(25)19-10-12-20(13-11-19)27-16-18-8-4-2-5-9-18/h2,4-5,8-13,17H,3,6-7,14-16H2,1H3,(H,23,25)/t17-/m0/s1. The van der Waals surface area contributed by atoms with Crippen LogP contribution < -0.4 is 10.1 Å². The number of hydrogen-bond acceptors (Lipinski definition) is 3. The van der Waals surface area contributed by atoms with E-state index in [9.17, 15) is 9.59 Å². The molecule has 1 fully saturated rings. The summed E-state index contributed by atoms with van der Waals surface area (Å²) >= 11 is 0. The first kappa shape index (κ1) is 19.0. The first-order valence-corrected chi connectivity index (χ1v) is 9.50. The molecule has 0 bridgehead atoms. The smallest absolute Gasteiger partial charge is 0.251 e. The van der Waals surface area contributed by atoms with Crippen molar-refractivity contribution in [2.24, 2.45) is 0 Å². The van der Waals surface area contributed by atoms with Crippen LogP contribution in [-0.4, -0.2) is 35.8 Å². The Morgan fingerprint density at radius 2 is 1.67 bits per heavy atom. The summed E-state index contributed by atoms with van der Waals surface area (Å²) in [5, 5.41) is 2.80. The van der Waals surface area contributed by atoms with Gasteiger partial charge in [-0.25, -0.2) is 0 Å². The summed E-state index contributed by atoms with van der Waals surface area (Å²) < 4.78 is 5.73. The number of piperidine rings is 1. The molecule has 0 saturated carbocycles. The zero-order valence-corrected chi connectivity index (χ0v) is 15.7. The van der Waals surface area contributed by atoms with Crippen molar-refractivity contribution in [1.82, 2.24) is 10.2 Å². The van der Waals surface area contributed by atoms with Crippen molar-refractivity contribution in [2.75, 3.05) is 13.1 Å². The zero-order chi connectivity index (χ0) is 19.1. The first-order valence-electron chi connectivity index (χ1n) is 9.50. The second-order valence-electron chi connectivity index (χ2n) is 6.88. The highest BCUT2D eigenvalue weighted by Gasteiger charge is 2.23. The fourth-order valence-corrected chi connectivity index (χ4v) is 3.17. The normalized spacial score (nSPS) is 15.1. The molecule has 5 heteroatoms.